The zero-order valence-corrected chi connectivity index (χ0v) is 9.65. The van der Waals surface area contributed by atoms with E-state index in [9.17, 15) is 0 Å². The fourth-order valence-electron chi connectivity index (χ4n) is 2.17. The lowest BCUT2D eigenvalue weighted by Crippen LogP contribution is -2.03. The van der Waals surface area contributed by atoms with E-state index in [0.717, 1.165) is 37.4 Å². The van der Waals surface area contributed by atoms with E-state index in [1.165, 1.54) is 0 Å². The molecule has 0 amide bonds. The second-order valence-electron chi connectivity index (χ2n) is 4.25. The number of ether oxygens (including phenoxy) is 1. The number of nitrogens with zero attached hydrogens (tertiary/aromatic N) is 2. The van der Waals surface area contributed by atoms with E-state index in [0.29, 0.717) is 10.9 Å². The van der Waals surface area contributed by atoms with Gasteiger partial charge in [-0.3, -0.25) is 0 Å². The van der Waals surface area contributed by atoms with Crippen LogP contribution in [0.4, 0.5) is 0 Å². The predicted octanol–water partition coefficient (Wildman–Crippen LogP) is 2.57. The van der Waals surface area contributed by atoms with E-state index < -0.39 is 0 Å². The molecule has 84 valence electrons. The summed E-state index contributed by atoms with van der Waals surface area (Å²) in [5.74, 6) is 0.615. The zero-order chi connectivity index (χ0) is 11.0. The largest absolute Gasteiger partial charge is 0.381 e. The highest BCUT2D eigenvalue weighted by atomic mass is 35.5. The third kappa shape index (κ3) is 1.81. The average molecular weight is 237 g/mol. The van der Waals surface area contributed by atoms with Crippen molar-refractivity contribution in [2.24, 2.45) is 5.92 Å². The van der Waals surface area contributed by atoms with Crippen molar-refractivity contribution in [1.29, 1.82) is 0 Å². The molecule has 0 spiro atoms. The van der Waals surface area contributed by atoms with Crippen molar-refractivity contribution in [3.8, 4) is 0 Å². The Morgan fingerprint density at radius 2 is 2.50 bits per heavy atom. The molecule has 1 unspecified atom stereocenters. The standard InChI is InChI=1S/C12H13ClN2O/c13-11-2-1-4-15-7-10(14-12(11)15)6-9-3-5-16-8-9/h1-2,4,7,9H,3,5-6,8H2. The Morgan fingerprint density at radius 3 is 3.25 bits per heavy atom. The van der Waals surface area contributed by atoms with Crippen LogP contribution in [0.15, 0.2) is 24.5 Å². The Balaban J connectivity index is 1.90. The van der Waals surface area contributed by atoms with Crippen molar-refractivity contribution in [2.45, 2.75) is 12.8 Å². The number of halogens is 1. The van der Waals surface area contributed by atoms with Gasteiger partial charge in [0.05, 0.1) is 10.7 Å². The van der Waals surface area contributed by atoms with E-state index >= 15 is 0 Å². The van der Waals surface area contributed by atoms with E-state index in [4.69, 9.17) is 16.3 Å². The highest BCUT2D eigenvalue weighted by molar-refractivity contribution is 6.33. The lowest BCUT2D eigenvalue weighted by molar-refractivity contribution is 0.185. The van der Waals surface area contributed by atoms with Crippen LogP contribution in [0, 0.1) is 5.92 Å². The number of fused-ring (bicyclic) bond motifs is 1. The number of pyridine rings is 1. The Morgan fingerprint density at radius 1 is 1.56 bits per heavy atom. The summed E-state index contributed by atoms with van der Waals surface area (Å²) in [6, 6.07) is 3.80. The van der Waals surface area contributed by atoms with Crippen molar-refractivity contribution >= 4 is 17.2 Å². The van der Waals surface area contributed by atoms with Gasteiger partial charge >= 0.3 is 0 Å². The summed E-state index contributed by atoms with van der Waals surface area (Å²) in [7, 11) is 0. The van der Waals surface area contributed by atoms with Gasteiger partial charge in [-0.15, -0.1) is 0 Å². The summed E-state index contributed by atoms with van der Waals surface area (Å²) in [6.07, 6.45) is 6.15. The maximum absolute atomic E-state index is 6.08. The monoisotopic (exact) mass is 236 g/mol. The molecule has 0 aliphatic carbocycles. The molecule has 1 aliphatic rings. The minimum Gasteiger partial charge on any atom is -0.381 e. The van der Waals surface area contributed by atoms with Gasteiger partial charge in [0.1, 0.15) is 0 Å². The van der Waals surface area contributed by atoms with Crippen LogP contribution < -0.4 is 0 Å². The molecule has 1 atom stereocenters. The van der Waals surface area contributed by atoms with Crippen LogP contribution in [0.5, 0.6) is 0 Å². The smallest absolute Gasteiger partial charge is 0.155 e. The molecule has 0 saturated carbocycles. The van der Waals surface area contributed by atoms with Gasteiger partial charge in [0.25, 0.3) is 0 Å². The molecule has 0 bridgehead atoms. The van der Waals surface area contributed by atoms with Crippen molar-refractivity contribution in [3.63, 3.8) is 0 Å². The lowest BCUT2D eigenvalue weighted by Gasteiger charge is -2.02. The van der Waals surface area contributed by atoms with Gasteiger partial charge < -0.3 is 9.14 Å². The fraction of sp³-hybridized carbons (Fsp3) is 0.417. The van der Waals surface area contributed by atoms with Gasteiger partial charge in [0.15, 0.2) is 5.65 Å². The van der Waals surface area contributed by atoms with Crippen molar-refractivity contribution in [1.82, 2.24) is 9.38 Å². The van der Waals surface area contributed by atoms with Crippen molar-refractivity contribution in [2.75, 3.05) is 13.2 Å². The molecular formula is C12H13ClN2O. The normalized spacial score (nSPS) is 20.7. The van der Waals surface area contributed by atoms with E-state index in [1.54, 1.807) is 0 Å². The minimum absolute atomic E-state index is 0.615. The van der Waals surface area contributed by atoms with Crippen LogP contribution in [0.1, 0.15) is 12.1 Å². The molecule has 4 heteroatoms. The molecule has 1 aliphatic heterocycles. The highest BCUT2D eigenvalue weighted by Gasteiger charge is 2.17. The first-order valence-electron chi connectivity index (χ1n) is 5.53. The van der Waals surface area contributed by atoms with Gasteiger partial charge in [-0.2, -0.15) is 0 Å². The second kappa shape index (κ2) is 4.07. The van der Waals surface area contributed by atoms with Crippen LogP contribution in [0.25, 0.3) is 5.65 Å². The molecule has 1 saturated heterocycles. The summed E-state index contributed by atoms with van der Waals surface area (Å²) >= 11 is 6.08. The molecule has 0 radical (unpaired) electrons. The van der Waals surface area contributed by atoms with Crippen LogP contribution in [-0.2, 0) is 11.2 Å². The molecule has 1 fully saturated rings. The quantitative estimate of drug-likeness (QED) is 0.801. The first-order chi connectivity index (χ1) is 7.83. The Bertz CT molecular complexity index is 503. The topological polar surface area (TPSA) is 26.5 Å². The molecule has 2 aromatic heterocycles. The van der Waals surface area contributed by atoms with Gasteiger partial charge in [-0.25, -0.2) is 4.98 Å². The van der Waals surface area contributed by atoms with Gasteiger partial charge in [-0.1, -0.05) is 11.6 Å². The maximum Gasteiger partial charge on any atom is 0.155 e. The van der Waals surface area contributed by atoms with Crippen LogP contribution in [-0.4, -0.2) is 22.6 Å². The number of hydrogen-bond donors (Lipinski definition) is 0. The first kappa shape index (κ1) is 10.1. The third-order valence-electron chi connectivity index (χ3n) is 3.01. The molecule has 3 nitrogen and oxygen atoms in total. The molecule has 0 aromatic carbocycles. The average Bonchev–Trinajstić information content (AvgIpc) is 2.88. The number of aromatic nitrogens is 2. The molecule has 3 heterocycles. The summed E-state index contributed by atoms with van der Waals surface area (Å²) in [5.41, 5.74) is 1.95. The summed E-state index contributed by atoms with van der Waals surface area (Å²) < 4.78 is 7.35. The lowest BCUT2D eigenvalue weighted by atomic mass is 10.0. The second-order valence-corrected chi connectivity index (χ2v) is 4.66. The van der Waals surface area contributed by atoms with Gasteiger partial charge in [-0.05, 0) is 30.9 Å². The van der Waals surface area contributed by atoms with Crippen LogP contribution in [0.2, 0.25) is 5.02 Å². The van der Waals surface area contributed by atoms with E-state index in [2.05, 4.69) is 11.2 Å². The summed E-state index contributed by atoms with van der Waals surface area (Å²) in [4.78, 5) is 4.55. The fourth-order valence-corrected chi connectivity index (χ4v) is 2.38. The van der Waals surface area contributed by atoms with E-state index in [1.807, 2.05) is 22.7 Å². The summed E-state index contributed by atoms with van der Waals surface area (Å²) in [6.45, 7) is 1.75. The molecule has 3 rings (SSSR count). The first-order valence-corrected chi connectivity index (χ1v) is 5.90. The van der Waals surface area contributed by atoms with Gasteiger partial charge in [0.2, 0.25) is 0 Å². The Kier molecular flexibility index (Phi) is 2.58. The SMILES string of the molecule is Clc1cccn2cc(CC3CCOC3)nc12. The van der Waals surface area contributed by atoms with Crippen molar-refractivity contribution < 1.29 is 4.74 Å². The van der Waals surface area contributed by atoms with Crippen LogP contribution in [0.3, 0.4) is 0 Å². The Labute approximate surface area is 99.0 Å². The number of rotatable bonds is 2. The minimum atomic E-state index is 0.615. The molecule has 0 N–H and O–H groups in total. The highest BCUT2D eigenvalue weighted by Crippen LogP contribution is 2.20. The molecule has 2 aromatic rings. The van der Waals surface area contributed by atoms with Crippen LogP contribution >= 0.6 is 11.6 Å². The molecular weight excluding hydrogens is 224 g/mol. The van der Waals surface area contributed by atoms with Crippen molar-refractivity contribution in [3.05, 3.63) is 35.2 Å². The maximum atomic E-state index is 6.08. The van der Waals surface area contributed by atoms with E-state index in [-0.39, 0.29) is 0 Å². The third-order valence-corrected chi connectivity index (χ3v) is 3.30. The number of imidazole rings is 1. The Hall–Kier alpha value is -1.06. The summed E-state index contributed by atoms with van der Waals surface area (Å²) in [5, 5.41) is 0.705. The predicted molar refractivity (Wildman–Crippen MR) is 62.8 cm³/mol. The molecule has 16 heavy (non-hydrogen) atoms. The van der Waals surface area contributed by atoms with Gasteiger partial charge in [0, 0.05) is 25.6 Å². The zero-order valence-electron chi connectivity index (χ0n) is 8.90. The number of hydrogen-bond acceptors (Lipinski definition) is 2.